The van der Waals surface area contributed by atoms with Crippen LogP contribution >= 0.6 is 15.9 Å². The van der Waals surface area contributed by atoms with E-state index in [2.05, 4.69) is 15.9 Å². The number of halogens is 3. The van der Waals surface area contributed by atoms with Gasteiger partial charge >= 0.3 is 0 Å². The molecular formula is C13H8BrF2NO. The quantitative estimate of drug-likeness (QED) is 0.681. The summed E-state index contributed by atoms with van der Waals surface area (Å²) in [6.07, 6.45) is 0. The second kappa shape index (κ2) is 4.86. The zero-order valence-corrected chi connectivity index (χ0v) is 10.7. The van der Waals surface area contributed by atoms with Crippen LogP contribution in [0, 0.1) is 11.6 Å². The fourth-order valence-electron chi connectivity index (χ4n) is 1.52. The molecule has 0 aromatic heterocycles. The first-order valence-electron chi connectivity index (χ1n) is 5.03. The minimum atomic E-state index is -0.670. The van der Waals surface area contributed by atoms with Gasteiger partial charge in [0, 0.05) is 15.6 Å². The summed E-state index contributed by atoms with van der Waals surface area (Å²) in [4.78, 5) is 12.0. The van der Waals surface area contributed by atoms with E-state index in [0.717, 1.165) is 12.1 Å². The Morgan fingerprint density at radius 1 is 1.06 bits per heavy atom. The summed E-state index contributed by atoms with van der Waals surface area (Å²) in [6.45, 7) is 0. The van der Waals surface area contributed by atoms with E-state index in [9.17, 15) is 13.6 Å². The van der Waals surface area contributed by atoms with Crippen LogP contribution in [0.15, 0.2) is 40.9 Å². The molecule has 0 aliphatic carbocycles. The van der Waals surface area contributed by atoms with Crippen molar-refractivity contribution in [2.75, 3.05) is 5.73 Å². The van der Waals surface area contributed by atoms with E-state index in [1.807, 2.05) is 0 Å². The molecule has 0 amide bonds. The number of nitrogen functional groups attached to an aromatic ring is 1. The number of hydrogen-bond donors (Lipinski definition) is 1. The molecular weight excluding hydrogens is 304 g/mol. The maximum absolute atomic E-state index is 13.3. The highest BCUT2D eigenvalue weighted by atomic mass is 79.9. The number of benzene rings is 2. The van der Waals surface area contributed by atoms with Gasteiger partial charge in [0.25, 0.3) is 0 Å². The van der Waals surface area contributed by atoms with Gasteiger partial charge in [-0.25, -0.2) is 8.78 Å². The summed E-state index contributed by atoms with van der Waals surface area (Å²) in [6, 6.07) is 7.55. The highest BCUT2D eigenvalue weighted by Crippen LogP contribution is 2.19. The van der Waals surface area contributed by atoms with Gasteiger partial charge in [-0.2, -0.15) is 0 Å². The molecule has 2 nitrogen and oxygen atoms in total. The van der Waals surface area contributed by atoms with Crippen molar-refractivity contribution in [1.29, 1.82) is 0 Å². The lowest BCUT2D eigenvalue weighted by Crippen LogP contribution is -2.03. The monoisotopic (exact) mass is 311 g/mol. The smallest absolute Gasteiger partial charge is 0.193 e. The van der Waals surface area contributed by atoms with E-state index >= 15 is 0 Å². The third-order valence-electron chi connectivity index (χ3n) is 2.39. The second-order valence-corrected chi connectivity index (χ2v) is 4.64. The minimum absolute atomic E-state index is 0.0352. The van der Waals surface area contributed by atoms with Crippen molar-refractivity contribution in [2.24, 2.45) is 0 Å². The summed E-state index contributed by atoms with van der Waals surface area (Å²) in [5, 5.41) is 0. The first-order chi connectivity index (χ1) is 8.47. The fourth-order valence-corrected chi connectivity index (χ4v) is 1.99. The molecule has 0 atom stereocenters. The van der Waals surface area contributed by atoms with Crippen molar-refractivity contribution < 1.29 is 13.6 Å². The van der Waals surface area contributed by atoms with Gasteiger partial charge in [0.2, 0.25) is 0 Å². The lowest BCUT2D eigenvalue weighted by molar-refractivity contribution is 0.103. The number of hydrogen-bond acceptors (Lipinski definition) is 2. The van der Waals surface area contributed by atoms with Crippen molar-refractivity contribution in [3.8, 4) is 0 Å². The lowest BCUT2D eigenvalue weighted by atomic mass is 10.0. The number of carbonyl (C=O) groups excluding carboxylic acids is 1. The molecule has 92 valence electrons. The molecule has 0 unspecified atom stereocenters. The summed E-state index contributed by atoms with van der Waals surface area (Å²) in [5.41, 5.74) is 5.56. The largest absolute Gasteiger partial charge is 0.396 e. The standard InChI is InChI=1S/C13H8BrF2NO/c14-9-3-8(4-10(15)6-9)13(18)7-1-2-12(17)11(16)5-7/h1-6H,17H2. The zero-order chi connectivity index (χ0) is 13.3. The normalized spacial score (nSPS) is 10.4. The Morgan fingerprint density at radius 3 is 2.39 bits per heavy atom. The van der Waals surface area contributed by atoms with Crippen molar-refractivity contribution in [1.82, 2.24) is 0 Å². The molecule has 5 heteroatoms. The molecule has 0 bridgehead atoms. The molecule has 0 saturated carbocycles. The summed E-state index contributed by atoms with van der Waals surface area (Å²) in [5.74, 6) is -1.67. The predicted molar refractivity (Wildman–Crippen MR) is 68.3 cm³/mol. The lowest BCUT2D eigenvalue weighted by Gasteiger charge is -2.04. The predicted octanol–water partition coefficient (Wildman–Crippen LogP) is 3.54. The third-order valence-corrected chi connectivity index (χ3v) is 2.85. The van der Waals surface area contributed by atoms with Crippen LogP contribution in [0.2, 0.25) is 0 Å². The van der Waals surface area contributed by atoms with Crippen LogP contribution in [0.3, 0.4) is 0 Å². The van der Waals surface area contributed by atoms with Crippen LogP contribution in [-0.2, 0) is 0 Å². The van der Waals surface area contributed by atoms with E-state index in [4.69, 9.17) is 5.73 Å². The Kier molecular flexibility index (Phi) is 3.43. The Labute approximate surface area is 111 Å². The SMILES string of the molecule is Nc1ccc(C(=O)c2cc(F)cc(Br)c2)cc1F. The van der Waals surface area contributed by atoms with Crippen LogP contribution in [0.4, 0.5) is 14.5 Å². The van der Waals surface area contributed by atoms with E-state index in [1.54, 1.807) is 0 Å². The Balaban J connectivity index is 2.44. The van der Waals surface area contributed by atoms with Gasteiger partial charge < -0.3 is 5.73 Å². The Bertz CT molecular complexity index is 608. The van der Waals surface area contributed by atoms with Gasteiger partial charge in [0.1, 0.15) is 11.6 Å². The number of nitrogens with two attached hydrogens (primary N) is 1. The summed E-state index contributed by atoms with van der Waals surface area (Å²) in [7, 11) is 0. The fraction of sp³-hybridized carbons (Fsp3) is 0. The maximum atomic E-state index is 13.3. The molecule has 0 saturated heterocycles. The molecule has 2 aromatic rings. The Morgan fingerprint density at radius 2 is 1.78 bits per heavy atom. The van der Waals surface area contributed by atoms with Gasteiger partial charge in [-0.05, 0) is 36.4 Å². The molecule has 2 rings (SSSR count). The molecule has 0 radical (unpaired) electrons. The van der Waals surface area contributed by atoms with Crippen molar-refractivity contribution >= 4 is 27.4 Å². The van der Waals surface area contributed by atoms with Crippen LogP contribution < -0.4 is 5.73 Å². The van der Waals surface area contributed by atoms with Gasteiger partial charge in [0.05, 0.1) is 5.69 Å². The molecule has 0 aliphatic rings. The molecule has 0 spiro atoms. The number of anilines is 1. The van der Waals surface area contributed by atoms with Crippen molar-refractivity contribution in [3.63, 3.8) is 0 Å². The molecule has 0 heterocycles. The first-order valence-corrected chi connectivity index (χ1v) is 5.82. The highest BCUT2D eigenvalue weighted by molar-refractivity contribution is 9.10. The average molecular weight is 312 g/mol. The van der Waals surface area contributed by atoms with E-state index in [1.165, 1.54) is 24.3 Å². The van der Waals surface area contributed by atoms with E-state index in [0.29, 0.717) is 4.47 Å². The second-order valence-electron chi connectivity index (χ2n) is 3.72. The van der Waals surface area contributed by atoms with Crippen LogP contribution in [0.1, 0.15) is 15.9 Å². The molecule has 18 heavy (non-hydrogen) atoms. The molecule has 2 N–H and O–H groups in total. The number of ketones is 1. The Hall–Kier alpha value is -1.75. The zero-order valence-electron chi connectivity index (χ0n) is 9.08. The molecule has 0 fully saturated rings. The summed E-state index contributed by atoms with van der Waals surface area (Å²) >= 11 is 3.09. The molecule has 0 aliphatic heterocycles. The van der Waals surface area contributed by atoms with Crippen LogP contribution in [0.5, 0.6) is 0 Å². The summed E-state index contributed by atoms with van der Waals surface area (Å²) < 4.78 is 26.9. The topological polar surface area (TPSA) is 43.1 Å². The minimum Gasteiger partial charge on any atom is -0.396 e. The number of rotatable bonds is 2. The number of carbonyl (C=O) groups is 1. The maximum Gasteiger partial charge on any atom is 0.193 e. The van der Waals surface area contributed by atoms with Gasteiger partial charge in [-0.1, -0.05) is 15.9 Å². The first kappa shape index (κ1) is 12.7. The van der Waals surface area contributed by atoms with Gasteiger partial charge in [-0.3, -0.25) is 4.79 Å². The van der Waals surface area contributed by atoms with Gasteiger partial charge in [0.15, 0.2) is 5.78 Å². The van der Waals surface area contributed by atoms with Gasteiger partial charge in [-0.15, -0.1) is 0 Å². The van der Waals surface area contributed by atoms with Crippen LogP contribution in [-0.4, -0.2) is 5.78 Å². The van der Waals surface area contributed by atoms with E-state index < -0.39 is 17.4 Å². The van der Waals surface area contributed by atoms with Crippen LogP contribution in [0.25, 0.3) is 0 Å². The highest BCUT2D eigenvalue weighted by Gasteiger charge is 2.12. The average Bonchev–Trinajstić information content (AvgIpc) is 2.30. The van der Waals surface area contributed by atoms with Crippen molar-refractivity contribution in [3.05, 3.63) is 63.6 Å². The van der Waals surface area contributed by atoms with Crippen molar-refractivity contribution in [2.45, 2.75) is 0 Å². The third kappa shape index (κ3) is 2.56. The molecule has 2 aromatic carbocycles. The van der Waals surface area contributed by atoms with E-state index in [-0.39, 0.29) is 16.8 Å².